The summed E-state index contributed by atoms with van der Waals surface area (Å²) in [5.74, 6) is -0.499. The highest BCUT2D eigenvalue weighted by Gasteiger charge is 2.20. The largest absolute Gasteiger partial charge is 0.465 e. The topological polar surface area (TPSA) is 38.3 Å². The van der Waals surface area contributed by atoms with Crippen LogP contribution in [-0.4, -0.2) is 25.7 Å². The van der Waals surface area contributed by atoms with E-state index in [1.165, 1.54) is 12.1 Å². The number of hydrogen-bond acceptors (Lipinski definition) is 3. The molecule has 0 unspecified atom stereocenters. The highest BCUT2D eigenvalue weighted by atomic mass is 19.1. The lowest BCUT2D eigenvalue weighted by Gasteiger charge is -2.25. The van der Waals surface area contributed by atoms with E-state index >= 15 is 0 Å². The summed E-state index contributed by atoms with van der Waals surface area (Å²) in [5.41, 5.74) is 0.862. The minimum Gasteiger partial charge on any atom is -0.465 e. The lowest BCUT2D eigenvalue weighted by Crippen LogP contribution is -2.36. The van der Waals surface area contributed by atoms with Gasteiger partial charge >= 0.3 is 5.97 Å². The number of carbonyl (C=O) groups is 1. The Hall–Kier alpha value is -1.42. The minimum absolute atomic E-state index is 0.166. The van der Waals surface area contributed by atoms with Crippen molar-refractivity contribution < 1.29 is 13.9 Å². The summed E-state index contributed by atoms with van der Waals surface area (Å²) in [6.45, 7) is 7.06. The molecule has 0 atom stereocenters. The van der Waals surface area contributed by atoms with E-state index in [1.54, 1.807) is 19.1 Å². The molecule has 0 heterocycles. The van der Waals surface area contributed by atoms with Crippen LogP contribution < -0.4 is 5.32 Å². The van der Waals surface area contributed by atoms with Crippen LogP contribution in [0.5, 0.6) is 0 Å². The zero-order chi connectivity index (χ0) is 13.6. The standard InChI is InChI=1S/C14H20FNO2/c1-4-18-13(17)9-16-10-14(2,3)11-5-7-12(15)8-6-11/h5-8,16H,4,9-10H2,1-3H3. The molecule has 0 fully saturated rings. The molecule has 18 heavy (non-hydrogen) atoms. The van der Waals surface area contributed by atoms with Gasteiger partial charge in [0.2, 0.25) is 0 Å². The van der Waals surface area contributed by atoms with Gasteiger partial charge < -0.3 is 10.1 Å². The zero-order valence-electron chi connectivity index (χ0n) is 11.1. The number of benzene rings is 1. The normalized spacial score (nSPS) is 11.3. The first-order chi connectivity index (χ1) is 8.45. The Balaban J connectivity index is 2.49. The minimum atomic E-state index is -0.257. The smallest absolute Gasteiger partial charge is 0.319 e. The molecule has 4 heteroatoms. The van der Waals surface area contributed by atoms with Gasteiger partial charge in [-0.2, -0.15) is 0 Å². The van der Waals surface area contributed by atoms with Crippen molar-refractivity contribution in [2.75, 3.05) is 19.7 Å². The first-order valence-electron chi connectivity index (χ1n) is 6.08. The van der Waals surface area contributed by atoms with Crippen LogP contribution in [0.3, 0.4) is 0 Å². The van der Waals surface area contributed by atoms with Gasteiger partial charge in [0.25, 0.3) is 0 Å². The average molecular weight is 253 g/mol. The third-order valence-corrected chi connectivity index (χ3v) is 2.77. The van der Waals surface area contributed by atoms with E-state index in [0.29, 0.717) is 13.2 Å². The summed E-state index contributed by atoms with van der Waals surface area (Å²) in [5, 5.41) is 3.06. The molecule has 0 spiro atoms. The van der Waals surface area contributed by atoms with Gasteiger partial charge in [-0.05, 0) is 24.6 Å². The Morgan fingerprint density at radius 1 is 1.33 bits per heavy atom. The van der Waals surface area contributed by atoms with Crippen molar-refractivity contribution in [2.24, 2.45) is 0 Å². The SMILES string of the molecule is CCOC(=O)CNCC(C)(C)c1ccc(F)cc1. The lowest BCUT2D eigenvalue weighted by molar-refractivity contribution is -0.142. The molecule has 0 radical (unpaired) electrons. The molecule has 1 aromatic rings. The number of carbonyl (C=O) groups excluding carboxylic acids is 1. The summed E-state index contributed by atoms with van der Waals surface area (Å²) in [6, 6.07) is 6.42. The van der Waals surface area contributed by atoms with E-state index in [4.69, 9.17) is 4.74 Å². The maximum atomic E-state index is 12.8. The second kappa shape index (κ2) is 6.50. The Kier molecular flexibility index (Phi) is 5.28. The Morgan fingerprint density at radius 2 is 1.94 bits per heavy atom. The third-order valence-electron chi connectivity index (χ3n) is 2.77. The first kappa shape index (κ1) is 14.6. The van der Waals surface area contributed by atoms with Crippen LogP contribution in [0.25, 0.3) is 0 Å². The highest BCUT2D eigenvalue weighted by molar-refractivity contribution is 5.71. The number of esters is 1. The number of rotatable bonds is 6. The molecule has 100 valence electrons. The molecule has 0 bridgehead atoms. The fourth-order valence-electron chi connectivity index (χ4n) is 1.69. The molecular weight excluding hydrogens is 233 g/mol. The molecule has 0 aromatic heterocycles. The van der Waals surface area contributed by atoms with Crippen LogP contribution in [-0.2, 0) is 14.9 Å². The van der Waals surface area contributed by atoms with Gasteiger partial charge in [-0.15, -0.1) is 0 Å². The van der Waals surface area contributed by atoms with Crippen LogP contribution in [0.15, 0.2) is 24.3 Å². The van der Waals surface area contributed by atoms with E-state index in [9.17, 15) is 9.18 Å². The fraction of sp³-hybridized carbons (Fsp3) is 0.500. The van der Waals surface area contributed by atoms with Crippen LogP contribution in [0, 0.1) is 5.82 Å². The van der Waals surface area contributed by atoms with Crippen LogP contribution in [0.4, 0.5) is 4.39 Å². The maximum Gasteiger partial charge on any atom is 0.319 e. The summed E-state index contributed by atoms with van der Waals surface area (Å²) in [4.78, 5) is 11.2. The van der Waals surface area contributed by atoms with Crippen LogP contribution >= 0.6 is 0 Å². The second-order valence-corrected chi connectivity index (χ2v) is 4.80. The molecule has 1 N–H and O–H groups in total. The monoisotopic (exact) mass is 253 g/mol. The van der Waals surface area contributed by atoms with Gasteiger partial charge in [-0.25, -0.2) is 4.39 Å². The van der Waals surface area contributed by atoms with Gasteiger partial charge in [0.05, 0.1) is 13.2 Å². The van der Waals surface area contributed by atoms with Crippen molar-refractivity contribution in [2.45, 2.75) is 26.2 Å². The maximum absolute atomic E-state index is 12.8. The molecule has 3 nitrogen and oxygen atoms in total. The van der Waals surface area contributed by atoms with Gasteiger partial charge in [-0.1, -0.05) is 26.0 Å². The molecular formula is C14H20FNO2. The van der Waals surface area contributed by atoms with E-state index < -0.39 is 0 Å². The number of hydrogen-bond donors (Lipinski definition) is 1. The van der Waals surface area contributed by atoms with E-state index in [0.717, 1.165) is 5.56 Å². The van der Waals surface area contributed by atoms with Gasteiger partial charge in [0.15, 0.2) is 0 Å². The van der Waals surface area contributed by atoms with Crippen LogP contribution in [0.2, 0.25) is 0 Å². The third kappa shape index (κ3) is 4.45. The fourth-order valence-corrected chi connectivity index (χ4v) is 1.69. The lowest BCUT2D eigenvalue weighted by atomic mass is 9.84. The van der Waals surface area contributed by atoms with Crippen LogP contribution in [0.1, 0.15) is 26.3 Å². The summed E-state index contributed by atoms with van der Waals surface area (Å²) < 4.78 is 17.7. The van der Waals surface area contributed by atoms with Gasteiger partial charge in [0, 0.05) is 12.0 Å². The second-order valence-electron chi connectivity index (χ2n) is 4.80. The molecule has 0 saturated carbocycles. The summed E-state index contributed by atoms with van der Waals surface area (Å²) in [6.07, 6.45) is 0. The Morgan fingerprint density at radius 3 is 2.50 bits per heavy atom. The Labute approximate surface area is 107 Å². The molecule has 0 aliphatic carbocycles. The van der Waals surface area contributed by atoms with Crippen molar-refractivity contribution in [1.82, 2.24) is 5.32 Å². The number of halogens is 1. The number of ether oxygens (including phenoxy) is 1. The molecule has 0 saturated heterocycles. The van der Waals surface area contributed by atoms with Gasteiger partial charge in [-0.3, -0.25) is 4.79 Å². The highest BCUT2D eigenvalue weighted by Crippen LogP contribution is 2.22. The van der Waals surface area contributed by atoms with E-state index in [2.05, 4.69) is 5.32 Å². The molecule has 0 amide bonds. The Bertz CT molecular complexity index is 387. The average Bonchev–Trinajstić information content (AvgIpc) is 2.29. The summed E-state index contributed by atoms with van der Waals surface area (Å²) >= 11 is 0. The summed E-state index contributed by atoms with van der Waals surface area (Å²) in [7, 11) is 0. The molecule has 0 aliphatic heterocycles. The molecule has 1 aromatic carbocycles. The van der Waals surface area contributed by atoms with Crippen molar-refractivity contribution in [3.8, 4) is 0 Å². The van der Waals surface area contributed by atoms with Crippen molar-refractivity contribution in [3.63, 3.8) is 0 Å². The van der Waals surface area contributed by atoms with E-state index in [-0.39, 0.29) is 23.7 Å². The van der Waals surface area contributed by atoms with E-state index in [1.807, 2.05) is 13.8 Å². The molecule has 1 rings (SSSR count). The van der Waals surface area contributed by atoms with Crippen molar-refractivity contribution in [1.29, 1.82) is 0 Å². The van der Waals surface area contributed by atoms with Crippen molar-refractivity contribution >= 4 is 5.97 Å². The first-order valence-corrected chi connectivity index (χ1v) is 6.08. The van der Waals surface area contributed by atoms with Gasteiger partial charge in [0.1, 0.15) is 5.82 Å². The predicted octanol–water partition coefficient (Wildman–Crippen LogP) is 2.26. The quantitative estimate of drug-likeness (QED) is 0.790. The molecule has 0 aliphatic rings. The zero-order valence-corrected chi connectivity index (χ0v) is 11.1. The number of nitrogens with one attached hydrogen (secondary N) is 1. The van der Waals surface area contributed by atoms with Crippen molar-refractivity contribution in [3.05, 3.63) is 35.6 Å². The predicted molar refractivity (Wildman–Crippen MR) is 68.9 cm³/mol.